The summed E-state index contributed by atoms with van der Waals surface area (Å²) in [5.74, 6) is -1.40. The Bertz CT molecular complexity index is 1930. The average molecular weight is 554 g/mol. The van der Waals surface area contributed by atoms with Gasteiger partial charge in [-0.05, 0) is 53.2 Å². The van der Waals surface area contributed by atoms with Gasteiger partial charge in [0.2, 0.25) is 5.91 Å². The molecule has 200 valence electrons. The maximum Gasteiger partial charge on any atom is 0.294 e. The molecule has 0 aromatic heterocycles. The van der Waals surface area contributed by atoms with E-state index in [1.54, 1.807) is 24.3 Å². The first-order valence-electron chi connectivity index (χ1n) is 12.1. The van der Waals surface area contributed by atoms with E-state index in [1.807, 2.05) is 36.4 Å². The summed E-state index contributed by atoms with van der Waals surface area (Å²) in [7, 11) is -4.40. The number of carbonyl (C=O) groups is 3. The molecule has 0 spiro atoms. The van der Waals surface area contributed by atoms with E-state index in [9.17, 15) is 27.4 Å². The molecule has 0 heterocycles. The first-order chi connectivity index (χ1) is 19.1. The Hall–Kier alpha value is -5.06. The van der Waals surface area contributed by atoms with Crippen molar-refractivity contribution in [2.24, 2.45) is 0 Å². The fourth-order valence-electron chi connectivity index (χ4n) is 4.42. The first kappa shape index (κ1) is 26.5. The molecule has 3 amide bonds. The molecule has 0 aliphatic rings. The van der Waals surface area contributed by atoms with Gasteiger partial charge in [0.25, 0.3) is 21.9 Å². The summed E-state index contributed by atoms with van der Waals surface area (Å²) < 4.78 is 32.4. The molecular formula is C30H23N3O6S. The van der Waals surface area contributed by atoms with Crippen LogP contribution in [0.15, 0.2) is 102 Å². The molecular weight excluding hydrogens is 530 g/mol. The fourth-order valence-corrected chi connectivity index (χ4v) is 4.94. The van der Waals surface area contributed by atoms with E-state index in [4.69, 9.17) is 0 Å². The Labute approximate surface area is 229 Å². The van der Waals surface area contributed by atoms with Crippen LogP contribution in [0, 0.1) is 0 Å². The summed E-state index contributed by atoms with van der Waals surface area (Å²) in [6.45, 7) is 1.32. The third-order valence-corrected chi connectivity index (χ3v) is 7.06. The van der Waals surface area contributed by atoms with Gasteiger partial charge in [-0.3, -0.25) is 18.9 Å². The van der Waals surface area contributed by atoms with E-state index in [1.165, 1.54) is 43.3 Å². The molecule has 0 saturated heterocycles. The molecule has 5 rings (SSSR count). The lowest BCUT2D eigenvalue weighted by Crippen LogP contribution is -2.17. The topological polar surface area (TPSA) is 142 Å². The summed E-state index contributed by atoms with van der Waals surface area (Å²) in [5.41, 5.74) is 1.51. The molecule has 0 fully saturated rings. The Morgan fingerprint density at radius 3 is 1.77 bits per heavy atom. The van der Waals surface area contributed by atoms with E-state index in [0.29, 0.717) is 22.1 Å². The predicted molar refractivity (Wildman–Crippen MR) is 154 cm³/mol. The number of hydrogen-bond acceptors (Lipinski definition) is 5. The lowest BCUT2D eigenvalue weighted by molar-refractivity contribution is -0.114. The summed E-state index contributed by atoms with van der Waals surface area (Å²) in [6.07, 6.45) is 0. The number of hydrogen-bond donors (Lipinski definition) is 4. The Balaban J connectivity index is 1.48. The number of benzene rings is 5. The maximum atomic E-state index is 13.3. The molecule has 0 aliphatic carbocycles. The van der Waals surface area contributed by atoms with Crippen LogP contribution >= 0.6 is 0 Å². The lowest BCUT2D eigenvalue weighted by Gasteiger charge is -2.13. The molecule has 9 nitrogen and oxygen atoms in total. The van der Waals surface area contributed by atoms with Crippen molar-refractivity contribution < 1.29 is 27.4 Å². The molecule has 0 bridgehead atoms. The van der Waals surface area contributed by atoms with Crippen LogP contribution in [0.4, 0.5) is 17.1 Å². The van der Waals surface area contributed by atoms with Crippen LogP contribution in [0.2, 0.25) is 0 Å². The van der Waals surface area contributed by atoms with Gasteiger partial charge < -0.3 is 16.0 Å². The molecule has 0 unspecified atom stereocenters. The van der Waals surface area contributed by atoms with Crippen molar-refractivity contribution in [2.45, 2.75) is 11.8 Å². The van der Waals surface area contributed by atoms with Gasteiger partial charge in [-0.25, -0.2) is 0 Å². The van der Waals surface area contributed by atoms with E-state index in [0.717, 1.165) is 10.8 Å². The van der Waals surface area contributed by atoms with Crippen LogP contribution in [0.25, 0.3) is 21.5 Å². The summed E-state index contributed by atoms with van der Waals surface area (Å²) in [4.78, 5) is 38.1. The van der Waals surface area contributed by atoms with Crippen LogP contribution < -0.4 is 16.0 Å². The third kappa shape index (κ3) is 5.68. The Morgan fingerprint density at radius 2 is 1.18 bits per heavy atom. The standard InChI is InChI=1S/C30H23N3O6S/c1-18(34)31-23-15-21(29(35)32-27-10-4-7-19-6-2-3-9-25(19)27)14-22(16-23)30(36)33-28-11-5-8-20-17-24(40(37,38)39)12-13-26(20)28/h2-17H,1H3,(H,31,34)(H,32,35)(H,33,36)(H,37,38,39). The quantitative estimate of drug-likeness (QED) is 0.199. The van der Waals surface area contributed by atoms with Crippen molar-refractivity contribution in [3.63, 3.8) is 0 Å². The van der Waals surface area contributed by atoms with Gasteiger partial charge in [-0.1, -0.05) is 54.6 Å². The average Bonchev–Trinajstić information content (AvgIpc) is 2.92. The normalized spacial score (nSPS) is 11.2. The number of nitrogens with one attached hydrogen (secondary N) is 3. The fraction of sp³-hybridized carbons (Fsp3) is 0.0333. The van der Waals surface area contributed by atoms with Crippen LogP contribution in [-0.2, 0) is 14.9 Å². The van der Waals surface area contributed by atoms with Crippen molar-refractivity contribution in [1.29, 1.82) is 0 Å². The molecule has 0 atom stereocenters. The minimum atomic E-state index is -4.40. The highest BCUT2D eigenvalue weighted by Gasteiger charge is 2.17. The predicted octanol–water partition coefficient (Wildman–Crippen LogP) is 5.70. The molecule has 0 radical (unpaired) electrons. The third-order valence-electron chi connectivity index (χ3n) is 6.21. The van der Waals surface area contributed by atoms with E-state index in [2.05, 4.69) is 16.0 Å². The minimum Gasteiger partial charge on any atom is -0.326 e. The van der Waals surface area contributed by atoms with Gasteiger partial charge in [0.15, 0.2) is 0 Å². The van der Waals surface area contributed by atoms with E-state index < -0.39 is 21.9 Å². The van der Waals surface area contributed by atoms with Gasteiger partial charge in [-0.15, -0.1) is 0 Å². The number of carbonyl (C=O) groups excluding carboxylic acids is 3. The second-order valence-electron chi connectivity index (χ2n) is 9.08. The Kier molecular flexibility index (Phi) is 7.03. The number of anilines is 3. The first-order valence-corrected chi connectivity index (χ1v) is 13.6. The van der Waals surface area contributed by atoms with Gasteiger partial charge in [0.1, 0.15) is 0 Å². The smallest absolute Gasteiger partial charge is 0.294 e. The molecule has 0 saturated carbocycles. The van der Waals surface area contributed by atoms with Crippen LogP contribution in [-0.4, -0.2) is 30.7 Å². The zero-order valence-electron chi connectivity index (χ0n) is 21.1. The summed E-state index contributed by atoms with van der Waals surface area (Å²) in [5, 5.41) is 11.1. The number of amides is 3. The Morgan fingerprint density at radius 1 is 0.625 bits per heavy atom. The van der Waals surface area contributed by atoms with E-state index >= 15 is 0 Å². The second-order valence-corrected chi connectivity index (χ2v) is 10.5. The molecule has 4 N–H and O–H groups in total. The van der Waals surface area contributed by atoms with Crippen LogP contribution in [0.1, 0.15) is 27.6 Å². The van der Waals surface area contributed by atoms with Crippen molar-refractivity contribution in [3.8, 4) is 0 Å². The van der Waals surface area contributed by atoms with Gasteiger partial charge in [0, 0.05) is 45.9 Å². The number of fused-ring (bicyclic) bond motifs is 2. The zero-order chi connectivity index (χ0) is 28.4. The van der Waals surface area contributed by atoms with Crippen LogP contribution in [0.5, 0.6) is 0 Å². The minimum absolute atomic E-state index is 0.112. The molecule has 10 heteroatoms. The van der Waals surface area contributed by atoms with Crippen molar-refractivity contribution >= 4 is 66.4 Å². The summed E-state index contributed by atoms with van der Waals surface area (Å²) in [6, 6.07) is 26.4. The van der Waals surface area contributed by atoms with Crippen molar-refractivity contribution in [1.82, 2.24) is 0 Å². The van der Waals surface area contributed by atoms with Crippen molar-refractivity contribution in [3.05, 3.63) is 108 Å². The largest absolute Gasteiger partial charge is 0.326 e. The highest BCUT2D eigenvalue weighted by atomic mass is 32.2. The molecule has 5 aromatic rings. The van der Waals surface area contributed by atoms with E-state index in [-0.39, 0.29) is 27.6 Å². The molecule has 40 heavy (non-hydrogen) atoms. The number of rotatable bonds is 6. The van der Waals surface area contributed by atoms with Gasteiger partial charge >= 0.3 is 0 Å². The zero-order valence-corrected chi connectivity index (χ0v) is 22.0. The van der Waals surface area contributed by atoms with Gasteiger partial charge in [0.05, 0.1) is 4.90 Å². The monoisotopic (exact) mass is 553 g/mol. The highest BCUT2D eigenvalue weighted by Crippen LogP contribution is 2.28. The van der Waals surface area contributed by atoms with Crippen LogP contribution in [0.3, 0.4) is 0 Å². The maximum absolute atomic E-state index is 13.3. The van der Waals surface area contributed by atoms with Crippen molar-refractivity contribution in [2.75, 3.05) is 16.0 Å². The van der Waals surface area contributed by atoms with Gasteiger partial charge in [-0.2, -0.15) is 8.42 Å². The second kappa shape index (κ2) is 10.6. The molecule has 0 aliphatic heterocycles. The SMILES string of the molecule is CC(=O)Nc1cc(C(=O)Nc2cccc3ccccc23)cc(C(=O)Nc2cccc3cc(S(=O)(=O)O)ccc23)c1. The summed E-state index contributed by atoms with van der Waals surface area (Å²) >= 11 is 0. The lowest BCUT2D eigenvalue weighted by atomic mass is 10.1. The molecule has 5 aromatic carbocycles. The highest BCUT2D eigenvalue weighted by molar-refractivity contribution is 7.85.